The smallest absolute Gasteiger partial charge is 0.153 e. The van der Waals surface area contributed by atoms with Crippen LogP contribution in [0.15, 0.2) is 0 Å². The standard InChI is InChI=1S/C4H9ClO3/c5-2-3(6)1-4(7)8/h3-4,6-8H,1-2H2/t3-/m0/s1. The SMILES string of the molecule is OC(O)C[C@H](O)CCl. The lowest BCUT2D eigenvalue weighted by atomic mass is 10.3. The molecule has 50 valence electrons. The highest BCUT2D eigenvalue weighted by molar-refractivity contribution is 6.18. The zero-order chi connectivity index (χ0) is 6.57. The van der Waals surface area contributed by atoms with Crippen LogP contribution in [0.3, 0.4) is 0 Å². The molecule has 0 aliphatic heterocycles. The van der Waals surface area contributed by atoms with E-state index in [1.807, 2.05) is 0 Å². The van der Waals surface area contributed by atoms with Crippen LogP contribution >= 0.6 is 11.6 Å². The zero-order valence-electron chi connectivity index (χ0n) is 4.29. The molecule has 0 aromatic rings. The Labute approximate surface area is 52.5 Å². The van der Waals surface area contributed by atoms with Gasteiger partial charge in [-0.1, -0.05) is 0 Å². The second-order valence-electron chi connectivity index (χ2n) is 1.52. The van der Waals surface area contributed by atoms with Gasteiger partial charge in [0, 0.05) is 12.3 Å². The van der Waals surface area contributed by atoms with Crippen LogP contribution in [0.1, 0.15) is 6.42 Å². The van der Waals surface area contributed by atoms with Crippen molar-refractivity contribution in [3.63, 3.8) is 0 Å². The molecule has 0 heterocycles. The average Bonchev–Trinajstić information content (AvgIpc) is 1.65. The molecule has 0 spiro atoms. The summed E-state index contributed by atoms with van der Waals surface area (Å²) in [5.41, 5.74) is 0. The summed E-state index contributed by atoms with van der Waals surface area (Å²) >= 11 is 5.12. The van der Waals surface area contributed by atoms with Crippen LogP contribution in [0, 0.1) is 0 Å². The molecule has 3 N–H and O–H groups in total. The fourth-order valence-corrected chi connectivity index (χ4v) is 0.432. The third kappa shape index (κ3) is 4.33. The Hall–Kier alpha value is 0.170. The molecule has 0 aromatic heterocycles. The third-order valence-corrected chi connectivity index (χ3v) is 1.02. The minimum Gasteiger partial charge on any atom is -0.392 e. The summed E-state index contributed by atoms with van der Waals surface area (Å²) in [4.78, 5) is 0. The lowest BCUT2D eigenvalue weighted by Gasteiger charge is -2.06. The van der Waals surface area contributed by atoms with Gasteiger partial charge in [0.1, 0.15) is 0 Å². The summed E-state index contributed by atoms with van der Waals surface area (Å²) in [6, 6.07) is 0. The van der Waals surface area contributed by atoms with Gasteiger partial charge in [0.2, 0.25) is 0 Å². The maximum Gasteiger partial charge on any atom is 0.153 e. The van der Waals surface area contributed by atoms with Gasteiger partial charge in [0.15, 0.2) is 6.29 Å². The van der Waals surface area contributed by atoms with Gasteiger partial charge in [0.25, 0.3) is 0 Å². The molecule has 0 radical (unpaired) electrons. The van der Waals surface area contributed by atoms with Crippen molar-refractivity contribution in [1.29, 1.82) is 0 Å². The molecule has 0 saturated carbocycles. The molecule has 0 unspecified atom stereocenters. The van der Waals surface area contributed by atoms with Crippen molar-refractivity contribution in [2.24, 2.45) is 0 Å². The van der Waals surface area contributed by atoms with Crippen molar-refractivity contribution in [2.75, 3.05) is 5.88 Å². The third-order valence-electron chi connectivity index (χ3n) is 0.661. The molecule has 0 bridgehead atoms. The van der Waals surface area contributed by atoms with Gasteiger partial charge in [-0.05, 0) is 0 Å². The summed E-state index contributed by atoms with van der Waals surface area (Å²) in [6.45, 7) is 0. The fraction of sp³-hybridized carbons (Fsp3) is 1.00. The number of rotatable bonds is 3. The van der Waals surface area contributed by atoms with E-state index in [0.29, 0.717) is 0 Å². The van der Waals surface area contributed by atoms with Crippen LogP contribution in [0.25, 0.3) is 0 Å². The Morgan fingerprint density at radius 1 is 1.25 bits per heavy atom. The van der Waals surface area contributed by atoms with E-state index >= 15 is 0 Å². The van der Waals surface area contributed by atoms with Crippen LogP contribution in [0.2, 0.25) is 0 Å². The molecule has 0 aliphatic carbocycles. The van der Waals surface area contributed by atoms with Gasteiger partial charge in [-0.3, -0.25) is 0 Å². The largest absolute Gasteiger partial charge is 0.392 e. The number of hydrogen-bond donors (Lipinski definition) is 3. The maximum absolute atomic E-state index is 8.58. The summed E-state index contributed by atoms with van der Waals surface area (Å²) in [5.74, 6) is 0.0393. The van der Waals surface area contributed by atoms with Crippen molar-refractivity contribution in [1.82, 2.24) is 0 Å². The van der Waals surface area contributed by atoms with Gasteiger partial charge in [-0.25, -0.2) is 0 Å². The second-order valence-corrected chi connectivity index (χ2v) is 1.83. The summed E-state index contributed by atoms with van der Waals surface area (Å²) in [7, 11) is 0. The van der Waals surface area contributed by atoms with Gasteiger partial charge in [0.05, 0.1) is 6.10 Å². The van der Waals surface area contributed by atoms with Crippen molar-refractivity contribution in [2.45, 2.75) is 18.8 Å². The predicted octanol–water partition coefficient (Wildman–Crippen LogP) is -0.713. The van der Waals surface area contributed by atoms with Crippen LogP contribution in [0.5, 0.6) is 0 Å². The van der Waals surface area contributed by atoms with E-state index in [9.17, 15) is 0 Å². The Kier molecular flexibility index (Phi) is 4.18. The van der Waals surface area contributed by atoms with E-state index in [1.54, 1.807) is 0 Å². The van der Waals surface area contributed by atoms with Gasteiger partial charge < -0.3 is 15.3 Å². The summed E-state index contributed by atoms with van der Waals surface area (Å²) < 4.78 is 0. The minimum atomic E-state index is -1.45. The highest BCUT2D eigenvalue weighted by Gasteiger charge is 2.05. The van der Waals surface area contributed by atoms with E-state index < -0.39 is 12.4 Å². The van der Waals surface area contributed by atoms with E-state index in [2.05, 4.69) is 0 Å². The van der Waals surface area contributed by atoms with Crippen LogP contribution in [-0.4, -0.2) is 33.6 Å². The molecule has 3 nitrogen and oxygen atoms in total. The van der Waals surface area contributed by atoms with Crippen LogP contribution < -0.4 is 0 Å². The van der Waals surface area contributed by atoms with E-state index in [4.69, 9.17) is 26.9 Å². The highest BCUT2D eigenvalue weighted by Crippen LogP contribution is 1.96. The molecule has 1 atom stereocenters. The molecule has 0 rings (SSSR count). The lowest BCUT2D eigenvalue weighted by Crippen LogP contribution is -2.17. The topological polar surface area (TPSA) is 60.7 Å². The lowest BCUT2D eigenvalue weighted by molar-refractivity contribution is -0.0662. The molecule has 0 amide bonds. The van der Waals surface area contributed by atoms with Crippen molar-refractivity contribution in [3.8, 4) is 0 Å². The zero-order valence-corrected chi connectivity index (χ0v) is 5.04. The van der Waals surface area contributed by atoms with Crippen LogP contribution in [0.4, 0.5) is 0 Å². The second kappa shape index (κ2) is 4.09. The van der Waals surface area contributed by atoms with Crippen molar-refractivity contribution >= 4 is 11.6 Å². The quantitative estimate of drug-likeness (QED) is 0.359. The average molecular weight is 141 g/mol. The molecular formula is C4H9ClO3. The van der Waals surface area contributed by atoms with Gasteiger partial charge in [-0.15, -0.1) is 11.6 Å². The number of halogens is 1. The Balaban J connectivity index is 3.10. The van der Waals surface area contributed by atoms with Crippen molar-refractivity contribution in [3.05, 3.63) is 0 Å². The van der Waals surface area contributed by atoms with E-state index in [1.165, 1.54) is 0 Å². The molecule has 4 heteroatoms. The fourth-order valence-electron chi connectivity index (χ4n) is 0.306. The van der Waals surface area contributed by atoms with Gasteiger partial charge >= 0.3 is 0 Å². The first-order chi connectivity index (χ1) is 3.66. The highest BCUT2D eigenvalue weighted by atomic mass is 35.5. The number of aliphatic hydroxyl groups excluding tert-OH is 2. The Morgan fingerprint density at radius 2 is 1.75 bits per heavy atom. The Morgan fingerprint density at radius 3 is 1.88 bits per heavy atom. The van der Waals surface area contributed by atoms with Gasteiger partial charge in [-0.2, -0.15) is 0 Å². The molecule has 8 heavy (non-hydrogen) atoms. The number of alkyl halides is 1. The molecule has 0 saturated heterocycles. The summed E-state index contributed by atoms with van der Waals surface area (Å²) in [5, 5.41) is 25.0. The minimum absolute atomic E-state index is 0.0393. The van der Waals surface area contributed by atoms with Crippen molar-refractivity contribution < 1.29 is 15.3 Å². The first kappa shape index (κ1) is 8.17. The van der Waals surface area contributed by atoms with E-state index in [-0.39, 0.29) is 12.3 Å². The molecule has 0 aromatic carbocycles. The van der Waals surface area contributed by atoms with Crippen LogP contribution in [-0.2, 0) is 0 Å². The summed E-state index contributed by atoms with van der Waals surface area (Å²) in [6.07, 6.45) is -2.34. The maximum atomic E-state index is 8.58. The van der Waals surface area contributed by atoms with E-state index in [0.717, 1.165) is 0 Å². The monoisotopic (exact) mass is 140 g/mol. The molecule has 0 fully saturated rings. The first-order valence-corrected chi connectivity index (χ1v) is 2.80. The molecular weight excluding hydrogens is 131 g/mol. The number of hydrogen-bond acceptors (Lipinski definition) is 3. The number of aliphatic hydroxyl groups is 3. The Bertz CT molecular complexity index is 57.2. The first-order valence-electron chi connectivity index (χ1n) is 2.27. The normalized spacial score (nSPS) is 14.6. The molecule has 0 aliphatic rings. The predicted molar refractivity (Wildman–Crippen MR) is 29.6 cm³/mol.